The molecule has 0 N–H and O–H groups in total. The highest BCUT2D eigenvalue weighted by molar-refractivity contribution is 4.93. The van der Waals surface area contributed by atoms with Gasteiger partial charge in [0.15, 0.2) is 5.82 Å². The van der Waals surface area contributed by atoms with Crippen molar-refractivity contribution in [2.24, 2.45) is 0 Å². The molecular weight excluding hydrogens is 280 g/mol. The molecule has 22 heavy (non-hydrogen) atoms. The zero-order chi connectivity index (χ0) is 15.4. The number of hydrogen-bond donors (Lipinski definition) is 0. The molecule has 1 aromatic rings. The van der Waals surface area contributed by atoms with Crippen molar-refractivity contribution in [1.29, 1.82) is 0 Å². The van der Waals surface area contributed by atoms with Crippen molar-refractivity contribution in [3.63, 3.8) is 0 Å². The number of ether oxygens (including phenoxy) is 1. The molecule has 0 aromatic carbocycles. The number of piperazine rings is 1. The molecule has 2 aliphatic heterocycles. The number of aryl methyl sites for hydroxylation is 1. The molecule has 6 nitrogen and oxygen atoms in total. The van der Waals surface area contributed by atoms with Crippen LogP contribution >= 0.6 is 0 Å². The van der Waals surface area contributed by atoms with Gasteiger partial charge in [0.1, 0.15) is 0 Å². The van der Waals surface area contributed by atoms with E-state index in [2.05, 4.69) is 26.9 Å². The highest BCUT2D eigenvalue weighted by Crippen LogP contribution is 2.21. The van der Waals surface area contributed by atoms with Gasteiger partial charge in [-0.2, -0.15) is 4.98 Å². The Morgan fingerprint density at radius 1 is 1.23 bits per heavy atom. The van der Waals surface area contributed by atoms with Gasteiger partial charge in [-0.15, -0.1) is 0 Å². The van der Waals surface area contributed by atoms with Crippen LogP contribution in [0.5, 0.6) is 0 Å². The Bertz CT molecular complexity index is 451. The highest BCUT2D eigenvalue weighted by Gasteiger charge is 2.27. The summed E-state index contributed by atoms with van der Waals surface area (Å²) in [6, 6.07) is 0.209. The Morgan fingerprint density at radius 3 is 2.68 bits per heavy atom. The maximum absolute atomic E-state index is 5.85. The van der Waals surface area contributed by atoms with Gasteiger partial charge in [0.2, 0.25) is 5.89 Å². The summed E-state index contributed by atoms with van der Waals surface area (Å²) in [4.78, 5) is 9.43. The van der Waals surface area contributed by atoms with Gasteiger partial charge in [-0.25, -0.2) is 0 Å². The molecule has 3 rings (SSSR count). The van der Waals surface area contributed by atoms with Crippen LogP contribution in [0, 0.1) is 0 Å². The quantitative estimate of drug-likeness (QED) is 0.828. The van der Waals surface area contributed by atoms with E-state index in [0.717, 1.165) is 57.5 Å². The lowest BCUT2D eigenvalue weighted by molar-refractivity contribution is -0.0175. The third-order valence-electron chi connectivity index (χ3n) is 4.85. The summed E-state index contributed by atoms with van der Waals surface area (Å²) in [5, 5.41) is 4.00. The van der Waals surface area contributed by atoms with Crippen molar-refractivity contribution < 1.29 is 9.26 Å². The van der Waals surface area contributed by atoms with E-state index < -0.39 is 0 Å². The van der Waals surface area contributed by atoms with E-state index in [4.69, 9.17) is 9.26 Å². The third-order valence-corrected chi connectivity index (χ3v) is 4.85. The first kappa shape index (κ1) is 15.9. The van der Waals surface area contributed by atoms with Gasteiger partial charge in [-0.3, -0.25) is 9.80 Å². The number of hydrogen-bond acceptors (Lipinski definition) is 6. The average Bonchev–Trinajstić information content (AvgIpc) is 3.05. The maximum atomic E-state index is 5.85. The lowest BCUT2D eigenvalue weighted by Gasteiger charge is -2.38. The molecule has 0 aliphatic carbocycles. The molecule has 0 unspecified atom stereocenters. The standard InChI is InChI=1S/C16H28N4O2/c1-3-15-17-16(22-18-15)13(2)20-9-7-19(8-10-20)12-14-6-4-5-11-21-14/h13-14H,3-12H2,1-2H3/t13-,14-/m0/s1. The summed E-state index contributed by atoms with van der Waals surface area (Å²) in [5.74, 6) is 1.55. The Balaban J connectivity index is 1.46. The predicted molar refractivity (Wildman–Crippen MR) is 83.7 cm³/mol. The van der Waals surface area contributed by atoms with Crippen molar-refractivity contribution in [1.82, 2.24) is 19.9 Å². The fourth-order valence-corrected chi connectivity index (χ4v) is 3.31. The first-order chi connectivity index (χ1) is 10.8. The smallest absolute Gasteiger partial charge is 0.243 e. The summed E-state index contributed by atoms with van der Waals surface area (Å²) >= 11 is 0. The second-order valence-corrected chi connectivity index (χ2v) is 6.40. The molecule has 0 amide bonds. The molecule has 6 heteroatoms. The van der Waals surface area contributed by atoms with Crippen LogP contribution < -0.4 is 0 Å². The zero-order valence-corrected chi connectivity index (χ0v) is 13.8. The van der Waals surface area contributed by atoms with Crippen LogP contribution in [-0.4, -0.2) is 65.4 Å². The van der Waals surface area contributed by atoms with Crippen molar-refractivity contribution in [3.05, 3.63) is 11.7 Å². The fourth-order valence-electron chi connectivity index (χ4n) is 3.31. The van der Waals surface area contributed by atoms with E-state index in [-0.39, 0.29) is 6.04 Å². The van der Waals surface area contributed by atoms with Crippen molar-refractivity contribution >= 4 is 0 Å². The van der Waals surface area contributed by atoms with E-state index in [0.29, 0.717) is 6.10 Å². The predicted octanol–water partition coefficient (Wildman–Crippen LogP) is 1.88. The monoisotopic (exact) mass is 308 g/mol. The highest BCUT2D eigenvalue weighted by atomic mass is 16.5. The molecule has 124 valence electrons. The zero-order valence-electron chi connectivity index (χ0n) is 13.8. The summed E-state index contributed by atoms with van der Waals surface area (Å²) in [6.07, 6.45) is 5.04. The van der Waals surface area contributed by atoms with Crippen molar-refractivity contribution in [3.8, 4) is 0 Å². The van der Waals surface area contributed by atoms with Gasteiger partial charge in [0, 0.05) is 45.8 Å². The molecule has 0 radical (unpaired) electrons. The minimum Gasteiger partial charge on any atom is -0.377 e. The molecular formula is C16H28N4O2. The number of nitrogens with zero attached hydrogens (tertiary/aromatic N) is 4. The second kappa shape index (κ2) is 7.53. The van der Waals surface area contributed by atoms with Gasteiger partial charge >= 0.3 is 0 Å². The average molecular weight is 308 g/mol. The molecule has 1 aromatic heterocycles. The van der Waals surface area contributed by atoms with E-state index in [9.17, 15) is 0 Å². The van der Waals surface area contributed by atoms with Crippen LogP contribution in [-0.2, 0) is 11.2 Å². The number of aromatic nitrogens is 2. The van der Waals surface area contributed by atoms with E-state index >= 15 is 0 Å². The van der Waals surface area contributed by atoms with Crippen LogP contribution in [0.4, 0.5) is 0 Å². The largest absolute Gasteiger partial charge is 0.377 e. The number of rotatable bonds is 5. The third kappa shape index (κ3) is 3.86. The van der Waals surface area contributed by atoms with Gasteiger partial charge in [-0.05, 0) is 26.2 Å². The minimum atomic E-state index is 0.209. The molecule has 0 saturated carbocycles. The molecule has 2 fully saturated rings. The van der Waals surface area contributed by atoms with E-state index in [1.807, 2.05) is 6.92 Å². The first-order valence-electron chi connectivity index (χ1n) is 8.66. The van der Waals surface area contributed by atoms with Crippen LogP contribution in [0.15, 0.2) is 4.52 Å². The summed E-state index contributed by atoms with van der Waals surface area (Å²) in [7, 11) is 0. The summed E-state index contributed by atoms with van der Waals surface area (Å²) in [6.45, 7) is 10.5. The van der Waals surface area contributed by atoms with E-state index in [1.54, 1.807) is 0 Å². The Morgan fingerprint density at radius 2 is 2.05 bits per heavy atom. The normalized spacial score (nSPS) is 26.2. The molecule has 3 heterocycles. The van der Waals surface area contributed by atoms with Crippen LogP contribution in [0.3, 0.4) is 0 Å². The second-order valence-electron chi connectivity index (χ2n) is 6.40. The van der Waals surface area contributed by atoms with Gasteiger partial charge in [0.25, 0.3) is 0 Å². The van der Waals surface area contributed by atoms with E-state index in [1.165, 1.54) is 19.3 Å². The Kier molecular flexibility index (Phi) is 5.44. The lowest BCUT2D eigenvalue weighted by atomic mass is 10.1. The Hall–Kier alpha value is -0.980. The summed E-state index contributed by atoms with van der Waals surface area (Å²) < 4.78 is 11.2. The molecule has 0 spiro atoms. The summed E-state index contributed by atoms with van der Waals surface area (Å²) in [5.41, 5.74) is 0. The maximum Gasteiger partial charge on any atom is 0.243 e. The van der Waals surface area contributed by atoms with Crippen LogP contribution in [0.1, 0.15) is 50.9 Å². The molecule has 2 aliphatic rings. The lowest BCUT2D eigenvalue weighted by Crippen LogP contribution is -2.49. The van der Waals surface area contributed by atoms with Gasteiger partial charge in [0.05, 0.1) is 12.1 Å². The van der Waals surface area contributed by atoms with Crippen molar-refractivity contribution in [2.45, 2.75) is 51.7 Å². The van der Waals surface area contributed by atoms with Gasteiger partial charge in [-0.1, -0.05) is 12.1 Å². The molecule has 0 bridgehead atoms. The SMILES string of the molecule is CCc1noc([C@H](C)N2CCN(C[C@@H]3CCCCO3)CC2)n1. The van der Waals surface area contributed by atoms with Crippen LogP contribution in [0.2, 0.25) is 0 Å². The van der Waals surface area contributed by atoms with Crippen LogP contribution in [0.25, 0.3) is 0 Å². The minimum absolute atomic E-state index is 0.209. The molecule has 2 saturated heterocycles. The van der Waals surface area contributed by atoms with Crippen molar-refractivity contribution in [2.75, 3.05) is 39.3 Å². The fraction of sp³-hybridized carbons (Fsp3) is 0.875. The van der Waals surface area contributed by atoms with Gasteiger partial charge < -0.3 is 9.26 Å². The topological polar surface area (TPSA) is 54.6 Å². The molecule has 2 atom stereocenters. The Labute approximate surface area is 132 Å². The first-order valence-corrected chi connectivity index (χ1v) is 8.66.